The summed E-state index contributed by atoms with van der Waals surface area (Å²) in [5.41, 5.74) is 2.76. The number of fused-ring (bicyclic) bond motifs is 4. The molecule has 0 radical (unpaired) electrons. The van der Waals surface area contributed by atoms with E-state index in [4.69, 9.17) is 0 Å². The van der Waals surface area contributed by atoms with Crippen molar-refractivity contribution in [1.82, 2.24) is 0 Å². The van der Waals surface area contributed by atoms with E-state index in [9.17, 15) is 0 Å². The lowest BCUT2D eigenvalue weighted by atomic mass is 9.96. The monoisotopic (exact) mass is 348 g/mol. The number of unbranched alkanes of at least 4 members (excludes halogenated alkanes) is 1. The van der Waals surface area contributed by atoms with E-state index in [2.05, 4.69) is 86.6 Å². The SMILES string of the molecule is CCCCc1ccc2cc3cc4cc5ccc(C)cc5cc4cc3cc2c1. The van der Waals surface area contributed by atoms with Gasteiger partial charge in [-0.2, -0.15) is 0 Å². The molecule has 0 saturated carbocycles. The number of benzene rings is 5. The Morgan fingerprint density at radius 3 is 1.59 bits per heavy atom. The molecule has 0 aromatic heterocycles. The molecule has 0 heteroatoms. The Morgan fingerprint density at radius 2 is 1.00 bits per heavy atom. The van der Waals surface area contributed by atoms with E-state index in [1.54, 1.807) is 0 Å². The minimum Gasteiger partial charge on any atom is -0.0654 e. The van der Waals surface area contributed by atoms with Gasteiger partial charge in [-0.25, -0.2) is 0 Å². The average Bonchev–Trinajstić information content (AvgIpc) is 2.67. The van der Waals surface area contributed by atoms with E-state index in [1.807, 2.05) is 0 Å². The maximum Gasteiger partial charge on any atom is -0.0171 e. The Labute approximate surface area is 160 Å². The second kappa shape index (κ2) is 6.39. The zero-order chi connectivity index (χ0) is 18.4. The lowest BCUT2D eigenvalue weighted by Gasteiger charge is -2.09. The summed E-state index contributed by atoms with van der Waals surface area (Å²) in [6.45, 7) is 4.41. The van der Waals surface area contributed by atoms with Gasteiger partial charge in [-0.3, -0.25) is 0 Å². The lowest BCUT2D eigenvalue weighted by molar-refractivity contribution is 0.796. The van der Waals surface area contributed by atoms with Crippen molar-refractivity contribution in [3.63, 3.8) is 0 Å². The fraction of sp³-hybridized carbons (Fsp3) is 0.185. The van der Waals surface area contributed by atoms with E-state index >= 15 is 0 Å². The van der Waals surface area contributed by atoms with Gasteiger partial charge in [0.25, 0.3) is 0 Å². The van der Waals surface area contributed by atoms with Crippen molar-refractivity contribution in [2.75, 3.05) is 0 Å². The molecule has 5 aromatic rings. The maximum absolute atomic E-state index is 2.37. The Morgan fingerprint density at radius 1 is 0.519 bits per heavy atom. The van der Waals surface area contributed by atoms with Crippen LogP contribution < -0.4 is 0 Å². The molecule has 0 fully saturated rings. The van der Waals surface area contributed by atoms with Crippen LogP contribution in [0, 0.1) is 6.92 Å². The van der Waals surface area contributed by atoms with Gasteiger partial charge in [0, 0.05) is 0 Å². The second-order valence-corrected chi connectivity index (χ2v) is 7.89. The van der Waals surface area contributed by atoms with Gasteiger partial charge < -0.3 is 0 Å². The summed E-state index contributed by atoms with van der Waals surface area (Å²) < 4.78 is 0. The molecule has 0 atom stereocenters. The molecular formula is C27H24. The highest BCUT2D eigenvalue weighted by Crippen LogP contribution is 2.31. The van der Waals surface area contributed by atoms with Crippen molar-refractivity contribution in [1.29, 1.82) is 0 Å². The first-order valence-electron chi connectivity index (χ1n) is 10.0. The fourth-order valence-corrected chi connectivity index (χ4v) is 4.21. The molecule has 132 valence electrons. The highest BCUT2D eigenvalue weighted by atomic mass is 14.1. The number of aryl methyl sites for hydroxylation is 2. The van der Waals surface area contributed by atoms with Crippen LogP contribution in [-0.4, -0.2) is 0 Å². The van der Waals surface area contributed by atoms with Gasteiger partial charge in [0.15, 0.2) is 0 Å². The largest absolute Gasteiger partial charge is 0.0654 e. The molecule has 5 rings (SSSR count). The molecule has 0 saturated heterocycles. The van der Waals surface area contributed by atoms with Crippen molar-refractivity contribution >= 4 is 43.1 Å². The van der Waals surface area contributed by atoms with Crippen LogP contribution in [-0.2, 0) is 6.42 Å². The van der Waals surface area contributed by atoms with Gasteiger partial charge in [0.2, 0.25) is 0 Å². The van der Waals surface area contributed by atoms with Crippen molar-refractivity contribution < 1.29 is 0 Å². The van der Waals surface area contributed by atoms with Crippen molar-refractivity contribution in [2.45, 2.75) is 33.1 Å². The Balaban J connectivity index is 1.72. The highest BCUT2D eigenvalue weighted by molar-refractivity contribution is 6.08. The van der Waals surface area contributed by atoms with E-state index in [1.165, 1.54) is 73.5 Å². The van der Waals surface area contributed by atoms with Crippen LogP contribution in [0.1, 0.15) is 30.9 Å². The number of hydrogen-bond donors (Lipinski definition) is 0. The zero-order valence-electron chi connectivity index (χ0n) is 16.0. The fourth-order valence-electron chi connectivity index (χ4n) is 4.21. The van der Waals surface area contributed by atoms with Gasteiger partial charge >= 0.3 is 0 Å². The highest BCUT2D eigenvalue weighted by Gasteiger charge is 2.04. The summed E-state index contributed by atoms with van der Waals surface area (Å²) >= 11 is 0. The first kappa shape index (κ1) is 16.3. The Hall–Kier alpha value is -2.86. The predicted octanol–water partition coefficient (Wildman–Crippen LogP) is 7.95. The number of rotatable bonds is 3. The lowest BCUT2D eigenvalue weighted by Crippen LogP contribution is -1.86. The predicted molar refractivity (Wildman–Crippen MR) is 120 cm³/mol. The van der Waals surface area contributed by atoms with Gasteiger partial charge in [-0.1, -0.05) is 55.3 Å². The van der Waals surface area contributed by atoms with Crippen LogP contribution in [0.3, 0.4) is 0 Å². The van der Waals surface area contributed by atoms with Crippen molar-refractivity contribution in [3.05, 3.63) is 83.9 Å². The number of hydrogen-bond acceptors (Lipinski definition) is 0. The van der Waals surface area contributed by atoms with E-state index < -0.39 is 0 Å². The Bertz CT molecular complexity index is 1310. The molecule has 0 amide bonds. The average molecular weight is 348 g/mol. The third-order valence-corrected chi connectivity index (χ3v) is 5.75. The van der Waals surface area contributed by atoms with E-state index in [-0.39, 0.29) is 0 Å². The molecule has 0 aliphatic heterocycles. The van der Waals surface area contributed by atoms with Crippen LogP contribution in [0.15, 0.2) is 72.8 Å². The van der Waals surface area contributed by atoms with Crippen LogP contribution in [0.5, 0.6) is 0 Å². The maximum atomic E-state index is 2.37. The van der Waals surface area contributed by atoms with Gasteiger partial charge in [0.05, 0.1) is 0 Å². The molecular weight excluding hydrogens is 324 g/mol. The summed E-state index contributed by atoms with van der Waals surface area (Å²) in [4.78, 5) is 0. The van der Waals surface area contributed by atoms with E-state index in [0.29, 0.717) is 0 Å². The molecule has 0 aliphatic rings. The molecule has 0 N–H and O–H groups in total. The van der Waals surface area contributed by atoms with Gasteiger partial charge in [-0.15, -0.1) is 0 Å². The zero-order valence-corrected chi connectivity index (χ0v) is 16.0. The summed E-state index contributed by atoms with van der Waals surface area (Å²) in [5.74, 6) is 0. The third kappa shape index (κ3) is 2.96. The minimum absolute atomic E-state index is 1.17. The smallest absolute Gasteiger partial charge is 0.0171 e. The molecule has 0 nitrogen and oxygen atoms in total. The molecule has 0 spiro atoms. The normalized spacial score (nSPS) is 11.8. The first-order chi connectivity index (χ1) is 13.2. The summed E-state index contributed by atoms with van der Waals surface area (Å²) in [5, 5.41) is 10.6. The molecule has 0 bridgehead atoms. The standard InChI is InChI=1S/C27H24/c1-3-4-5-19-7-9-21-13-25-16-24-12-20-8-6-18(2)10-22(20)14-26(24)17-27(25)15-23(21)11-19/h6-17H,3-5H2,1-2H3. The summed E-state index contributed by atoms with van der Waals surface area (Å²) in [7, 11) is 0. The first-order valence-corrected chi connectivity index (χ1v) is 10.0. The molecule has 5 aromatic carbocycles. The summed E-state index contributed by atoms with van der Waals surface area (Å²) in [6, 6.07) is 27.7. The van der Waals surface area contributed by atoms with Gasteiger partial charge in [-0.05, 0) is 105 Å². The van der Waals surface area contributed by atoms with Crippen molar-refractivity contribution in [2.24, 2.45) is 0 Å². The second-order valence-electron chi connectivity index (χ2n) is 7.89. The minimum atomic E-state index is 1.17. The van der Waals surface area contributed by atoms with Crippen LogP contribution in [0.2, 0.25) is 0 Å². The van der Waals surface area contributed by atoms with Crippen LogP contribution >= 0.6 is 0 Å². The summed E-state index contributed by atoms with van der Waals surface area (Å²) in [6.07, 6.45) is 3.68. The molecule has 0 aliphatic carbocycles. The van der Waals surface area contributed by atoms with Gasteiger partial charge in [0.1, 0.15) is 0 Å². The van der Waals surface area contributed by atoms with Crippen LogP contribution in [0.25, 0.3) is 43.1 Å². The topological polar surface area (TPSA) is 0 Å². The van der Waals surface area contributed by atoms with Crippen LogP contribution in [0.4, 0.5) is 0 Å². The molecule has 0 heterocycles. The molecule has 27 heavy (non-hydrogen) atoms. The Kier molecular flexibility index (Phi) is 3.86. The third-order valence-electron chi connectivity index (χ3n) is 5.75. The molecule has 0 unspecified atom stereocenters. The quantitative estimate of drug-likeness (QED) is 0.290. The van der Waals surface area contributed by atoms with Crippen molar-refractivity contribution in [3.8, 4) is 0 Å². The van der Waals surface area contributed by atoms with E-state index in [0.717, 1.165) is 0 Å².